The zero-order valence-corrected chi connectivity index (χ0v) is 39.3. The van der Waals surface area contributed by atoms with Crippen molar-refractivity contribution in [3.05, 3.63) is 93.9 Å². The van der Waals surface area contributed by atoms with E-state index in [1.54, 1.807) is 0 Å². The minimum absolute atomic E-state index is 0.0474. The number of carbonyl (C=O) groups excluding carboxylic acids is 1. The molecule has 1 saturated heterocycles. The number of ether oxygens (including phenoxy) is 1. The van der Waals surface area contributed by atoms with Gasteiger partial charge < -0.3 is 22.4 Å². The fourth-order valence-corrected chi connectivity index (χ4v) is 14.6. The molecular weight excluding hydrogens is 792 g/mol. The normalized spacial score (nSPS) is 20.3. The molecule has 4 atom stereocenters. The molecule has 4 rings (SSSR count). The van der Waals surface area contributed by atoms with Crippen molar-refractivity contribution in [1.82, 2.24) is 0 Å². The topological polar surface area (TPSA) is 63.2 Å². The van der Waals surface area contributed by atoms with E-state index in [0.29, 0.717) is 13.0 Å². The molecule has 0 aliphatic carbocycles. The van der Waals surface area contributed by atoms with Gasteiger partial charge in [-0.2, -0.15) is 0 Å². The van der Waals surface area contributed by atoms with Crippen molar-refractivity contribution in [2.45, 2.75) is 129 Å². The second-order valence-electron chi connectivity index (χ2n) is 17.1. The summed E-state index contributed by atoms with van der Waals surface area (Å²) in [6.07, 6.45) is -0.889. The lowest BCUT2D eigenvalue weighted by atomic mass is 9.98. The van der Waals surface area contributed by atoms with Gasteiger partial charge >= 0.3 is 5.97 Å². The molecule has 1 aliphatic rings. The average Bonchev–Trinajstić information content (AvgIpc) is 3.01. The van der Waals surface area contributed by atoms with Crippen LogP contribution in [0.3, 0.4) is 0 Å². The predicted molar refractivity (Wildman–Crippen MR) is 226 cm³/mol. The zero-order valence-electron chi connectivity index (χ0n) is 32.9. The van der Waals surface area contributed by atoms with Crippen LogP contribution >= 0.6 is 27.5 Å². The van der Waals surface area contributed by atoms with Gasteiger partial charge in [0.2, 0.25) is 0 Å². The number of hydrogen-bond acceptors (Lipinski definition) is 6. The lowest BCUT2D eigenvalue weighted by molar-refractivity contribution is -0.194. The smallest absolute Gasteiger partial charge is 0.337 e. The van der Waals surface area contributed by atoms with Crippen LogP contribution in [-0.4, -0.2) is 63.7 Å². The van der Waals surface area contributed by atoms with Crippen molar-refractivity contribution in [3.8, 4) is 0 Å². The molecule has 0 aromatic heterocycles. The van der Waals surface area contributed by atoms with Gasteiger partial charge in [-0.1, -0.05) is 116 Å². The highest BCUT2D eigenvalue weighted by atomic mass is 79.9. The quantitative estimate of drug-likeness (QED) is 0.134. The Morgan fingerprint density at radius 3 is 1.63 bits per heavy atom. The number of hydrogen-bond donors (Lipinski definition) is 0. The van der Waals surface area contributed by atoms with Gasteiger partial charge in [0.05, 0.1) is 6.61 Å². The molecule has 6 nitrogen and oxygen atoms in total. The summed E-state index contributed by atoms with van der Waals surface area (Å²) < 4.78 is 32.7. The third-order valence-electron chi connectivity index (χ3n) is 8.22. The van der Waals surface area contributed by atoms with Crippen LogP contribution in [0.25, 0.3) is 0 Å². The van der Waals surface area contributed by atoms with Gasteiger partial charge in [0.1, 0.15) is 18.3 Å². The van der Waals surface area contributed by atoms with Crippen molar-refractivity contribution in [2.75, 3.05) is 0 Å². The van der Waals surface area contributed by atoms with Crippen molar-refractivity contribution in [2.24, 2.45) is 0 Å². The Kier molecular flexibility index (Phi) is 15.4. The van der Waals surface area contributed by atoms with Gasteiger partial charge in [0.25, 0.3) is 8.32 Å². The van der Waals surface area contributed by atoms with Gasteiger partial charge in [-0.15, -0.1) is 0 Å². The van der Waals surface area contributed by atoms with Crippen molar-refractivity contribution < 1.29 is 27.2 Å². The highest BCUT2D eigenvalue weighted by Crippen LogP contribution is 2.38. The van der Waals surface area contributed by atoms with E-state index in [9.17, 15) is 4.79 Å². The van der Waals surface area contributed by atoms with Crippen LogP contribution in [-0.2, 0) is 33.8 Å². The molecule has 282 valence electrons. The number of benzene rings is 3. The fraction of sp³-hybridized carbons (Fsp3) is 0.513. The lowest BCUT2D eigenvalue weighted by Gasteiger charge is -2.46. The van der Waals surface area contributed by atoms with E-state index in [-0.39, 0.29) is 29.3 Å². The molecule has 1 aliphatic heterocycles. The fourth-order valence-electron chi connectivity index (χ4n) is 6.30. The van der Waals surface area contributed by atoms with Crippen LogP contribution < -0.4 is 10.4 Å². The van der Waals surface area contributed by atoms with E-state index in [1.165, 1.54) is 10.4 Å². The van der Waals surface area contributed by atoms with Crippen molar-refractivity contribution >= 4 is 77.1 Å². The van der Waals surface area contributed by atoms with Crippen LogP contribution in [0.2, 0.25) is 69.0 Å². The first kappa shape index (κ1) is 44.0. The van der Waals surface area contributed by atoms with Crippen molar-refractivity contribution in [1.29, 1.82) is 0 Å². The Bertz CT molecular complexity index is 1510. The first-order chi connectivity index (χ1) is 23.5. The van der Waals surface area contributed by atoms with Gasteiger partial charge in [-0.05, 0) is 105 Å². The number of esters is 1. The Hall–Kier alpha value is -1.39. The molecule has 51 heavy (non-hydrogen) atoms. The summed E-state index contributed by atoms with van der Waals surface area (Å²) in [5.41, 5.74) is 0.999. The molecule has 12 heteroatoms. The van der Waals surface area contributed by atoms with Crippen LogP contribution in [0.4, 0.5) is 0 Å². The number of rotatable bonds is 12. The number of carbonyl (C=O) groups is 1. The molecule has 3 aromatic carbocycles. The second kappa shape index (κ2) is 17.8. The van der Waals surface area contributed by atoms with Gasteiger partial charge in [0.15, 0.2) is 31.1 Å². The highest BCUT2D eigenvalue weighted by Gasteiger charge is 2.52. The summed E-state index contributed by atoms with van der Waals surface area (Å²) in [7, 11) is -8.20. The van der Waals surface area contributed by atoms with E-state index < -0.39 is 39.4 Å². The van der Waals surface area contributed by atoms with Gasteiger partial charge in [-0.3, -0.25) is 0 Å². The molecule has 0 amide bonds. The van der Waals surface area contributed by atoms with Gasteiger partial charge in [0, 0.05) is 9.50 Å². The van der Waals surface area contributed by atoms with E-state index in [1.807, 2.05) is 25.1 Å². The summed E-state index contributed by atoms with van der Waals surface area (Å²) in [4.78, 5) is 12.6. The third-order valence-corrected chi connectivity index (χ3v) is 17.0. The predicted octanol–water partition coefficient (Wildman–Crippen LogP) is 10.2. The maximum absolute atomic E-state index is 12.6. The average molecular weight is 853 g/mol. The lowest BCUT2D eigenvalue weighted by Crippen LogP contribution is -2.66. The molecule has 1 fully saturated rings. The molecule has 0 spiro atoms. The summed E-state index contributed by atoms with van der Waals surface area (Å²) >= 11 is 9.99. The molecule has 1 heterocycles. The Labute approximate surface area is 325 Å². The summed E-state index contributed by atoms with van der Waals surface area (Å²) in [5.74, 6) is -0.303. The summed E-state index contributed by atoms with van der Waals surface area (Å²) in [6, 6.07) is 27.2. The standard InChI is InChI=1S/C23H24BrClOSi.C16H36O5Si3/c1-23(2,3)27(20-10-6-4-7-11-20,21-12-8-5-9-13-21)26-17-18-16-19(24)14-15-22(18)25;1-11-12-13(19-22(2,3)4)14(20-23(5,6)7)15(16(17)18-12)21-24(8,9)10/h4-16H,17H2,1-3H3;12-15H,11H2,1-10H3/t;12-,13-,14+,15-/m.1/s1. The molecule has 0 unspecified atom stereocenters. The number of halogens is 2. The van der Waals surface area contributed by atoms with E-state index in [2.05, 4.69) is 156 Å². The third kappa shape index (κ3) is 12.6. The minimum atomic E-state index is -2.55. The maximum Gasteiger partial charge on any atom is 0.337 e. The van der Waals surface area contributed by atoms with Gasteiger partial charge in [-0.25, -0.2) is 4.79 Å². The molecule has 0 saturated carbocycles. The maximum atomic E-state index is 12.6. The van der Waals surface area contributed by atoms with E-state index >= 15 is 0 Å². The molecule has 3 aromatic rings. The minimum Gasteiger partial charge on any atom is -0.458 e. The van der Waals surface area contributed by atoms with E-state index in [0.717, 1.165) is 15.1 Å². The molecule has 0 bridgehead atoms. The van der Waals surface area contributed by atoms with Crippen LogP contribution in [0.5, 0.6) is 0 Å². The largest absolute Gasteiger partial charge is 0.458 e. The Morgan fingerprint density at radius 1 is 0.725 bits per heavy atom. The summed E-state index contributed by atoms with van der Waals surface area (Å²) in [5, 5.41) is 3.23. The summed E-state index contributed by atoms with van der Waals surface area (Å²) in [6.45, 7) is 28.4. The van der Waals surface area contributed by atoms with Crippen LogP contribution in [0, 0.1) is 0 Å². The molecule has 0 N–H and O–H groups in total. The SMILES string of the molecule is CC(C)(C)[Si](OCc1cc(Br)ccc1Cl)(c1ccccc1)c1ccccc1.CC[C@H]1OC(=O)[C@H](O[Si](C)(C)C)[C@@H](O[Si](C)(C)C)[C@@H]1O[Si](C)(C)C. The second-order valence-corrected chi connectivity index (χ2v) is 36.1. The van der Waals surface area contributed by atoms with E-state index in [4.69, 9.17) is 34.0 Å². The number of cyclic esters (lactones) is 1. The monoisotopic (exact) mass is 850 g/mol. The van der Waals surface area contributed by atoms with Crippen LogP contribution in [0.1, 0.15) is 39.7 Å². The van der Waals surface area contributed by atoms with Crippen LogP contribution in [0.15, 0.2) is 83.3 Å². The Balaban J connectivity index is 0.000000278. The highest BCUT2D eigenvalue weighted by molar-refractivity contribution is 9.10. The molecule has 0 radical (unpaired) electrons. The Morgan fingerprint density at radius 2 is 1.20 bits per heavy atom. The first-order valence-electron chi connectivity index (χ1n) is 17.9. The first-order valence-corrected chi connectivity index (χ1v) is 31.2. The molecular formula is C39H60BrClO6Si4. The zero-order chi connectivity index (χ0) is 38.4. The van der Waals surface area contributed by atoms with Crippen molar-refractivity contribution in [3.63, 3.8) is 0 Å².